The van der Waals surface area contributed by atoms with Gasteiger partial charge in [0.05, 0.1) is 5.69 Å². The highest BCUT2D eigenvalue weighted by atomic mass is 16.5. The van der Waals surface area contributed by atoms with E-state index in [1.54, 1.807) is 6.20 Å². The summed E-state index contributed by atoms with van der Waals surface area (Å²) in [5, 5.41) is 11.9. The largest absolute Gasteiger partial charge is 0.478 e. The topological polar surface area (TPSA) is 57.9 Å². The number of aromatic nitrogens is 1. The second kappa shape index (κ2) is 6.41. The molecule has 0 bridgehead atoms. The third kappa shape index (κ3) is 3.71. The fourth-order valence-electron chi connectivity index (χ4n) is 1.75. The summed E-state index contributed by atoms with van der Waals surface area (Å²) in [7, 11) is 0. The minimum Gasteiger partial charge on any atom is -0.478 e. The lowest BCUT2D eigenvalue weighted by Gasteiger charge is -2.11. The molecule has 19 heavy (non-hydrogen) atoms. The molecule has 1 aromatic carbocycles. The lowest BCUT2D eigenvalue weighted by molar-refractivity contribution is 0.364. The summed E-state index contributed by atoms with van der Waals surface area (Å²) in [6, 6.07) is 11.7. The first-order valence-corrected chi connectivity index (χ1v) is 6.03. The maximum atomic E-state index is 8.56. The summed E-state index contributed by atoms with van der Waals surface area (Å²) in [4.78, 5) is 4.13. The molecule has 0 aliphatic rings. The predicted molar refractivity (Wildman–Crippen MR) is 73.9 cm³/mol. The average molecular weight is 253 g/mol. The van der Waals surface area contributed by atoms with E-state index >= 15 is 0 Å². The van der Waals surface area contributed by atoms with Crippen LogP contribution in [0.2, 0.25) is 0 Å². The number of aryl methyl sites for hydroxylation is 1. The monoisotopic (exact) mass is 253 g/mol. The summed E-state index contributed by atoms with van der Waals surface area (Å²) in [6.07, 6.45) is 3.60. The van der Waals surface area contributed by atoms with Crippen LogP contribution in [-0.2, 0) is 6.54 Å². The molecular formula is C15H15N3O. The third-order valence-electron chi connectivity index (χ3n) is 2.62. The molecule has 0 radical (unpaired) electrons. The molecule has 4 heteroatoms. The molecule has 0 saturated heterocycles. The van der Waals surface area contributed by atoms with Crippen molar-refractivity contribution in [1.82, 2.24) is 4.98 Å². The Labute approximate surface area is 112 Å². The average Bonchev–Trinajstić information content (AvgIpc) is 2.44. The van der Waals surface area contributed by atoms with Crippen LogP contribution in [0.25, 0.3) is 0 Å². The van der Waals surface area contributed by atoms with Crippen LogP contribution in [0.1, 0.15) is 11.1 Å². The van der Waals surface area contributed by atoms with E-state index in [1.807, 2.05) is 49.5 Å². The summed E-state index contributed by atoms with van der Waals surface area (Å²) >= 11 is 0. The van der Waals surface area contributed by atoms with Crippen molar-refractivity contribution in [2.75, 3.05) is 11.9 Å². The van der Waals surface area contributed by atoms with Gasteiger partial charge in [-0.3, -0.25) is 4.98 Å². The van der Waals surface area contributed by atoms with Gasteiger partial charge in [-0.2, -0.15) is 5.26 Å². The molecule has 1 N–H and O–H groups in total. The Morgan fingerprint density at radius 3 is 2.95 bits per heavy atom. The minimum atomic E-state index is 0.0585. The molecule has 4 nitrogen and oxygen atoms in total. The summed E-state index contributed by atoms with van der Waals surface area (Å²) in [5.41, 5.74) is 3.09. The van der Waals surface area contributed by atoms with Crippen molar-refractivity contribution in [3.05, 3.63) is 53.9 Å². The van der Waals surface area contributed by atoms with Gasteiger partial charge in [-0.1, -0.05) is 18.2 Å². The Morgan fingerprint density at radius 1 is 1.32 bits per heavy atom. The van der Waals surface area contributed by atoms with Gasteiger partial charge in [0, 0.05) is 24.5 Å². The zero-order valence-corrected chi connectivity index (χ0v) is 10.8. The number of para-hydroxylation sites is 1. The van der Waals surface area contributed by atoms with E-state index in [0.29, 0.717) is 6.54 Å². The lowest BCUT2D eigenvalue weighted by Crippen LogP contribution is -2.03. The second-order valence-electron chi connectivity index (χ2n) is 4.16. The number of rotatable bonds is 5. The number of nitrogens with one attached hydrogen (secondary N) is 1. The fourth-order valence-corrected chi connectivity index (χ4v) is 1.75. The molecule has 1 heterocycles. The maximum Gasteiger partial charge on any atom is 0.174 e. The molecular weight excluding hydrogens is 238 g/mol. The number of ether oxygens (including phenoxy) is 1. The first-order valence-electron chi connectivity index (χ1n) is 6.03. The number of nitriles is 1. The highest BCUT2D eigenvalue weighted by molar-refractivity contribution is 5.45. The van der Waals surface area contributed by atoms with Crippen LogP contribution < -0.4 is 10.1 Å². The van der Waals surface area contributed by atoms with E-state index in [2.05, 4.69) is 10.3 Å². The standard InChI is InChI=1S/C15H15N3O/c1-12-8-14(11-17-9-12)18-10-13-4-2-3-5-15(13)19-7-6-16/h2-5,8-9,11,18H,7,10H2,1H3. The van der Waals surface area contributed by atoms with E-state index in [-0.39, 0.29) is 6.61 Å². The molecule has 0 atom stereocenters. The van der Waals surface area contributed by atoms with E-state index in [1.165, 1.54) is 0 Å². The molecule has 96 valence electrons. The van der Waals surface area contributed by atoms with Crippen LogP contribution >= 0.6 is 0 Å². The van der Waals surface area contributed by atoms with Gasteiger partial charge in [-0.25, -0.2) is 0 Å². The predicted octanol–water partition coefficient (Wildman–Crippen LogP) is 2.90. The second-order valence-corrected chi connectivity index (χ2v) is 4.16. The maximum absolute atomic E-state index is 8.56. The van der Waals surface area contributed by atoms with Gasteiger partial charge >= 0.3 is 0 Å². The summed E-state index contributed by atoms with van der Waals surface area (Å²) in [6.45, 7) is 2.69. The minimum absolute atomic E-state index is 0.0585. The molecule has 0 unspecified atom stereocenters. The van der Waals surface area contributed by atoms with Crippen molar-refractivity contribution >= 4 is 5.69 Å². The Bertz CT molecular complexity index is 590. The molecule has 0 fully saturated rings. The quantitative estimate of drug-likeness (QED) is 0.890. The molecule has 0 aliphatic heterocycles. The van der Waals surface area contributed by atoms with Crippen molar-refractivity contribution in [3.63, 3.8) is 0 Å². The molecule has 2 rings (SSSR count). The SMILES string of the molecule is Cc1cncc(NCc2ccccc2OCC#N)c1. The van der Waals surface area contributed by atoms with Crippen LogP contribution in [0.15, 0.2) is 42.7 Å². The smallest absolute Gasteiger partial charge is 0.174 e. The summed E-state index contributed by atoms with van der Waals surface area (Å²) < 4.78 is 5.38. The number of benzene rings is 1. The number of anilines is 1. The van der Waals surface area contributed by atoms with Gasteiger partial charge in [-0.05, 0) is 24.6 Å². The van der Waals surface area contributed by atoms with Gasteiger partial charge in [0.25, 0.3) is 0 Å². The van der Waals surface area contributed by atoms with E-state index in [9.17, 15) is 0 Å². The normalized spacial score (nSPS) is 9.68. The lowest BCUT2D eigenvalue weighted by atomic mass is 10.2. The van der Waals surface area contributed by atoms with E-state index < -0.39 is 0 Å². The van der Waals surface area contributed by atoms with Gasteiger partial charge in [0.2, 0.25) is 0 Å². The fraction of sp³-hybridized carbons (Fsp3) is 0.200. The highest BCUT2D eigenvalue weighted by Gasteiger charge is 2.02. The Kier molecular flexibility index (Phi) is 4.35. The van der Waals surface area contributed by atoms with Crippen LogP contribution in [0, 0.1) is 18.3 Å². The first-order chi connectivity index (χ1) is 9.29. The zero-order valence-electron chi connectivity index (χ0n) is 10.8. The molecule has 0 amide bonds. The van der Waals surface area contributed by atoms with Crippen LogP contribution in [0.5, 0.6) is 5.75 Å². The van der Waals surface area contributed by atoms with Gasteiger partial charge in [0.1, 0.15) is 11.8 Å². The number of pyridine rings is 1. The van der Waals surface area contributed by atoms with Gasteiger partial charge in [-0.15, -0.1) is 0 Å². The Balaban J connectivity index is 2.05. The molecule has 0 saturated carbocycles. The summed E-state index contributed by atoms with van der Waals surface area (Å²) in [5.74, 6) is 0.733. The molecule has 2 aromatic rings. The van der Waals surface area contributed by atoms with E-state index in [0.717, 1.165) is 22.6 Å². The number of nitrogens with zero attached hydrogens (tertiary/aromatic N) is 2. The van der Waals surface area contributed by atoms with Crippen molar-refractivity contribution < 1.29 is 4.74 Å². The molecule has 0 spiro atoms. The first kappa shape index (κ1) is 12.9. The number of hydrogen-bond acceptors (Lipinski definition) is 4. The Hall–Kier alpha value is -2.54. The van der Waals surface area contributed by atoms with Crippen molar-refractivity contribution in [2.24, 2.45) is 0 Å². The highest BCUT2D eigenvalue weighted by Crippen LogP contribution is 2.19. The Morgan fingerprint density at radius 2 is 2.16 bits per heavy atom. The van der Waals surface area contributed by atoms with Crippen LogP contribution in [0.3, 0.4) is 0 Å². The molecule has 0 aliphatic carbocycles. The number of hydrogen-bond donors (Lipinski definition) is 1. The van der Waals surface area contributed by atoms with Gasteiger partial charge < -0.3 is 10.1 Å². The molecule has 1 aromatic heterocycles. The van der Waals surface area contributed by atoms with Crippen molar-refractivity contribution in [2.45, 2.75) is 13.5 Å². The van der Waals surface area contributed by atoms with Gasteiger partial charge in [0.15, 0.2) is 6.61 Å². The van der Waals surface area contributed by atoms with Crippen LogP contribution in [0.4, 0.5) is 5.69 Å². The van der Waals surface area contributed by atoms with Crippen LogP contribution in [-0.4, -0.2) is 11.6 Å². The zero-order chi connectivity index (χ0) is 13.5. The van der Waals surface area contributed by atoms with E-state index in [4.69, 9.17) is 10.00 Å². The third-order valence-corrected chi connectivity index (χ3v) is 2.62. The van der Waals surface area contributed by atoms with Crippen molar-refractivity contribution in [3.8, 4) is 11.8 Å². The van der Waals surface area contributed by atoms with Crippen molar-refractivity contribution in [1.29, 1.82) is 5.26 Å².